The molecule has 1 fully saturated rings. The Morgan fingerprint density at radius 2 is 1.97 bits per heavy atom. The van der Waals surface area contributed by atoms with Crippen molar-refractivity contribution >= 4 is 28.4 Å². The van der Waals surface area contributed by atoms with Crippen LogP contribution in [0.5, 0.6) is 17.2 Å². The minimum Gasteiger partial charge on any atom is -0.495 e. The van der Waals surface area contributed by atoms with Crippen molar-refractivity contribution < 1.29 is 18.7 Å². The molecule has 2 aromatic heterocycles. The number of likely N-dealkylation sites (tertiary alicyclic amines) is 1. The van der Waals surface area contributed by atoms with Gasteiger partial charge in [0.25, 0.3) is 0 Å². The van der Waals surface area contributed by atoms with Crippen molar-refractivity contribution in [2.24, 2.45) is 0 Å². The molecule has 5 rings (SSSR count). The van der Waals surface area contributed by atoms with Gasteiger partial charge in [-0.2, -0.15) is 5.10 Å². The fourth-order valence-electron chi connectivity index (χ4n) is 4.33. The Hall–Kier alpha value is -3.91. The Bertz CT molecular complexity index is 1420. The molecule has 0 saturated carbocycles. The van der Waals surface area contributed by atoms with E-state index in [1.54, 1.807) is 53.2 Å². The number of ether oxygens (including phenoxy) is 2. The molecule has 7 nitrogen and oxygen atoms in total. The number of halogens is 2. The average molecular weight is 493 g/mol. The highest BCUT2D eigenvalue weighted by Crippen LogP contribution is 2.38. The molecule has 0 unspecified atom stereocenters. The third-order valence-corrected chi connectivity index (χ3v) is 6.44. The van der Waals surface area contributed by atoms with E-state index in [1.165, 1.54) is 12.3 Å². The number of hydrogen-bond donors (Lipinski definition) is 0. The molecule has 35 heavy (non-hydrogen) atoms. The number of benzene rings is 2. The van der Waals surface area contributed by atoms with Crippen molar-refractivity contribution in [3.63, 3.8) is 0 Å². The fraction of sp³-hybridized carbons (Fsp3) is 0.192. The molecule has 0 N–H and O–H groups in total. The van der Waals surface area contributed by atoms with Gasteiger partial charge in [-0.25, -0.2) is 4.39 Å². The van der Waals surface area contributed by atoms with Crippen molar-refractivity contribution in [2.75, 3.05) is 20.2 Å². The molecule has 1 aliphatic heterocycles. The van der Waals surface area contributed by atoms with Gasteiger partial charge in [0.1, 0.15) is 33.5 Å². The molecular formula is C26H22ClFN4O3. The standard InChI is InChI=1S/C26H22ClFN4O3/c1-3-23(33)31-12-11-17(15-31)32-26-19(13-29-14-20(26)28)25(30-32)16-7-9-18(10-8-16)35-22-6-4-5-21(34-2)24(22)27/h3-10,13-14,17H,1,11-12,15H2,2H3/t17-/m1/s1. The van der Waals surface area contributed by atoms with Crippen LogP contribution in [0.25, 0.3) is 22.2 Å². The number of nitrogens with zero attached hydrogens (tertiary/aromatic N) is 4. The van der Waals surface area contributed by atoms with E-state index in [9.17, 15) is 9.18 Å². The van der Waals surface area contributed by atoms with E-state index in [1.807, 2.05) is 12.1 Å². The van der Waals surface area contributed by atoms with Gasteiger partial charge in [-0.1, -0.05) is 24.2 Å². The predicted molar refractivity (Wildman–Crippen MR) is 131 cm³/mol. The Morgan fingerprint density at radius 3 is 2.71 bits per heavy atom. The molecule has 2 aromatic carbocycles. The van der Waals surface area contributed by atoms with Gasteiger partial charge in [-0.05, 0) is 48.9 Å². The van der Waals surface area contributed by atoms with E-state index in [-0.39, 0.29) is 11.9 Å². The molecule has 0 aliphatic carbocycles. The van der Waals surface area contributed by atoms with Crippen LogP contribution in [0.3, 0.4) is 0 Å². The Balaban J connectivity index is 1.47. The highest BCUT2D eigenvalue weighted by atomic mass is 35.5. The van der Waals surface area contributed by atoms with Crippen molar-refractivity contribution in [3.05, 3.63) is 78.4 Å². The number of pyridine rings is 1. The summed E-state index contributed by atoms with van der Waals surface area (Å²) < 4.78 is 27.7. The first-order valence-electron chi connectivity index (χ1n) is 11.0. The molecule has 178 valence electrons. The van der Waals surface area contributed by atoms with Gasteiger partial charge in [0.15, 0.2) is 5.82 Å². The summed E-state index contributed by atoms with van der Waals surface area (Å²) in [6, 6.07) is 12.4. The third-order valence-electron chi connectivity index (χ3n) is 6.06. The van der Waals surface area contributed by atoms with Crippen LogP contribution < -0.4 is 9.47 Å². The summed E-state index contributed by atoms with van der Waals surface area (Å²) >= 11 is 6.33. The maximum Gasteiger partial charge on any atom is 0.246 e. The van der Waals surface area contributed by atoms with E-state index in [4.69, 9.17) is 26.2 Å². The van der Waals surface area contributed by atoms with Crippen molar-refractivity contribution in [3.8, 4) is 28.5 Å². The number of aromatic nitrogens is 3. The zero-order valence-electron chi connectivity index (χ0n) is 18.9. The van der Waals surface area contributed by atoms with Gasteiger partial charge in [0, 0.05) is 30.2 Å². The van der Waals surface area contributed by atoms with Crippen LogP contribution in [0.2, 0.25) is 5.02 Å². The zero-order chi connectivity index (χ0) is 24.5. The van der Waals surface area contributed by atoms with Crippen LogP contribution in [0, 0.1) is 5.82 Å². The Morgan fingerprint density at radius 1 is 1.20 bits per heavy atom. The van der Waals surface area contributed by atoms with Gasteiger partial charge >= 0.3 is 0 Å². The van der Waals surface area contributed by atoms with Crippen molar-refractivity contribution in [1.82, 2.24) is 19.7 Å². The molecule has 0 spiro atoms. The smallest absolute Gasteiger partial charge is 0.246 e. The minimum absolute atomic E-state index is 0.141. The normalized spacial score (nSPS) is 15.4. The lowest BCUT2D eigenvalue weighted by Gasteiger charge is -2.15. The Labute approximate surface area is 206 Å². The van der Waals surface area contributed by atoms with Gasteiger partial charge < -0.3 is 14.4 Å². The number of rotatable bonds is 6. The number of methoxy groups -OCH3 is 1. The first kappa shape index (κ1) is 22.9. The first-order chi connectivity index (χ1) is 17.0. The summed E-state index contributed by atoms with van der Waals surface area (Å²) in [4.78, 5) is 17.8. The lowest BCUT2D eigenvalue weighted by molar-refractivity contribution is -0.125. The molecule has 1 aliphatic rings. The fourth-order valence-corrected chi connectivity index (χ4v) is 4.57. The molecule has 4 aromatic rings. The quantitative estimate of drug-likeness (QED) is 0.325. The van der Waals surface area contributed by atoms with Crippen molar-refractivity contribution in [1.29, 1.82) is 0 Å². The summed E-state index contributed by atoms with van der Waals surface area (Å²) in [5.74, 6) is 0.971. The predicted octanol–water partition coefficient (Wildman–Crippen LogP) is 5.65. The van der Waals surface area contributed by atoms with Gasteiger partial charge in [-0.3, -0.25) is 14.5 Å². The van der Waals surface area contributed by atoms with Crippen LogP contribution in [0.4, 0.5) is 4.39 Å². The molecule has 1 saturated heterocycles. The van der Waals surface area contributed by atoms with E-state index >= 15 is 0 Å². The number of carbonyl (C=O) groups excluding carboxylic acids is 1. The SMILES string of the molecule is C=CC(=O)N1CC[C@@H](n2nc(-c3ccc(Oc4cccc(OC)c4Cl)cc3)c3cncc(F)c32)C1. The summed E-state index contributed by atoms with van der Waals surface area (Å²) in [7, 11) is 1.54. The monoisotopic (exact) mass is 492 g/mol. The second-order valence-corrected chi connectivity index (χ2v) is 8.52. The second-order valence-electron chi connectivity index (χ2n) is 8.14. The van der Waals surface area contributed by atoms with Crippen LogP contribution in [-0.2, 0) is 4.79 Å². The Kier molecular flexibility index (Phi) is 6.13. The molecule has 3 heterocycles. The molecule has 1 atom stereocenters. The van der Waals surface area contributed by atoms with E-state index in [0.29, 0.717) is 58.4 Å². The zero-order valence-corrected chi connectivity index (χ0v) is 19.7. The van der Waals surface area contributed by atoms with Crippen molar-refractivity contribution in [2.45, 2.75) is 12.5 Å². The van der Waals surface area contributed by atoms with E-state index < -0.39 is 5.82 Å². The summed E-state index contributed by atoms with van der Waals surface area (Å²) in [6.07, 6.45) is 4.76. The van der Waals surface area contributed by atoms with Crippen LogP contribution in [0.1, 0.15) is 12.5 Å². The molecule has 0 radical (unpaired) electrons. The molecule has 0 bridgehead atoms. The van der Waals surface area contributed by atoms with Gasteiger partial charge in [0.2, 0.25) is 5.91 Å². The summed E-state index contributed by atoms with van der Waals surface area (Å²) in [6.45, 7) is 4.56. The van der Waals surface area contributed by atoms with Gasteiger partial charge in [-0.15, -0.1) is 0 Å². The largest absolute Gasteiger partial charge is 0.495 e. The first-order valence-corrected chi connectivity index (χ1v) is 11.4. The molecular weight excluding hydrogens is 471 g/mol. The number of fused-ring (bicyclic) bond motifs is 1. The number of hydrogen-bond acceptors (Lipinski definition) is 5. The average Bonchev–Trinajstić information content (AvgIpc) is 3.51. The summed E-state index contributed by atoms with van der Waals surface area (Å²) in [5.41, 5.74) is 1.75. The highest BCUT2D eigenvalue weighted by molar-refractivity contribution is 6.33. The maximum atomic E-state index is 14.9. The van der Waals surface area contributed by atoms with Crippen LogP contribution in [0.15, 0.2) is 67.5 Å². The second kappa shape index (κ2) is 9.38. The van der Waals surface area contributed by atoms with E-state index in [0.717, 1.165) is 5.56 Å². The van der Waals surface area contributed by atoms with Crippen LogP contribution >= 0.6 is 11.6 Å². The lowest BCUT2D eigenvalue weighted by Crippen LogP contribution is -2.27. The molecule has 9 heteroatoms. The maximum absolute atomic E-state index is 14.9. The lowest BCUT2D eigenvalue weighted by atomic mass is 10.1. The number of amides is 1. The third kappa shape index (κ3) is 4.21. The van der Waals surface area contributed by atoms with Gasteiger partial charge in [0.05, 0.1) is 19.3 Å². The highest BCUT2D eigenvalue weighted by Gasteiger charge is 2.30. The topological polar surface area (TPSA) is 69.5 Å². The van der Waals surface area contributed by atoms with Crippen LogP contribution in [-0.4, -0.2) is 45.8 Å². The minimum atomic E-state index is -0.456. The number of carbonyl (C=O) groups is 1. The summed E-state index contributed by atoms with van der Waals surface area (Å²) in [5, 5.41) is 5.75. The van der Waals surface area contributed by atoms with E-state index in [2.05, 4.69) is 11.6 Å². The molecule has 1 amide bonds.